The monoisotopic (exact) mass is 221 g/mol. The largest absolute Gasteiger partial charge is 0.453 e. The summed E-state index contributed by atoms with van der Waals surface area (Å²) in [5, 5.41) is 30.1. The summed E-state index contributed by atoms with van der Waals surface area (Å²) < 4.78 is 9.38. The summed E-state index contributed by atoms with van der Waals surface area (Å²) >= 11 is 0. The highest BCUT2D eigenvalue weighted by Crippen LogP contribution is 2.15. The van der Waals surface area contributed by atoms with Crippen molar-refractivity contribution in [1.82, 2.24) is 5.32 Å². The average Bonchev–Trinajstić information content (AvgIpc) is 2.25. The fourth-order valence-electron chi connectivity index (χ4n) is 1.38. The predicted molar refractivity (Wildman–Crippen MR) is 48.2 cm³/mol. The second-order valence-electron chi connectivity index (χ2n) is 3.28. The third-order valence-electron chi connectivity index (χ3n) is 2.30. The predicted octanol–water partition coefficient (Wildman–Crippen LogP) is -2.18. The van der Waals surface area contributed by atoms with Gasteiger partial charge in [-0.1, -0.05) is 0 Å². The van der Waals surface area contributed by atoms with Crippen molar-refractivity contribution < 1.29 is 29.6 Å². The van der Waals surface area contributed by atoms with Crippen LogP contribution in [-0.2, 0) is 9.47 Å². The molecule has 1 amide bonds. The molecule has 1 heterocycles. The summed E-state index contributed by atoms with van der Waals surface area (Å²) in [6.45, 7) is -0.373. The number of rotatable bonds is 2. The molecule has 0 aromatic carbocycles. The van der Waals surface area contributed by atoms with Crippen molar-refractivity contribution >= 4 is 6.09 Å². The van der Waals surface area contributed by atoms with Gasteiger partial charge in [0.2, 0.25) is 0 Å². The second kappa shape index (κ2) is 5.26. The molecule has 0 aromatic rings. The first-order valence-corrected chi connectivity index (χ1v) is 4.53. The van der Waals surface area contributed by atoms with E-state index in [1.807, 2.05) is 0 Å². The van der Waals surface area contributed by atoms with Crippen molar-refractivity contribution in [2.75, 3.05) is 20.3 Å². The van der Waals surface area contributed by atoms with Crippen molar-refractivity contribution in [3.8, 4) is 0 Å². The Kier molecular flexibility index (Phi) is 4.28. The number of aliphatic hydroxyl groups is 3. The molecule has 1 saturated heterocycles. The molecule has 88 valence electrons. The van der Waals surface area contributed by atoms with E-state index < -0.39 is 30.4 Å². The molecule has 0 saturated carbocycles. The summed E-state index contributed by atoms with van der Waals surface area (Å²) in [6.07, 6.45) is -3.95. The lowest BCUT2D eigenvalue weighted by atomic mass is 9.99. The Balaban J connectivity index is 2.52. The third kappa shape index (κ3) is 2.78. The van der Waals surface area contributed by atoms with Crippen LogP contribution in [0, 0.1) is 0 Å². The van der Waals surface area contributed by atoms with Gasteiger partial charge in [0.15, 0.2) is 0 Å². The number of ether oxygens (including phenoxy) is 2. The summed E-state index contributed by atoms with van der Waals surface area (Å²) in [5.41, 5.74) is 0. The molecule has 1 unspecified atom stereocenters. The van der Waals surface area contributed by atoms with Crippen LogP contribution in [0.15, 0.2) is 0 Å². The Morgan fingerprint density at radius 3 is 2.73 bits per heavy atom. The Morgan fingerprint density at radius 1 is 1.53 bits per heavy atom. The van der Waals surface area contributed by atoms with Crippen LogP contribution < -0.4 is 5.32 Å². The van der Waals surface area contributed by atoms with Crippen LogP contribution >= 0.6 is 0 Å². The molecular weight excluding hydrogens is 206 g/mol. The Hall–Kier alpha value is -0.890. The fraction of sp³-hybridized carbons (Fsp3) is 0.875. The molecule has 0 spiro atoms. The van der Waals surface area contributed by atoms with E-state index in [0.29, 0.717) is 0 Å². The highest BCUT2D eigenvalue weighted by atomic mass is 16.5. The maximum absolute atomic E-state index is 10.9. The molecule has 15 heavy (non-hydrogen) atoms. The zero-order chi connectivity index (χ0) is 11.4. The topological polar surface area (TPSA) is 108 Å². The fourth-order valence-corrected chi connectivity index (χ4v) is 1.38. The van der Waals surface area contributed by atoms with Crippen molar-refractivity contribution in [2.45, 2.75) is 24.4 Å². The van der Waals surface area contributed by atoms with Gasteiger partial charge in [-0.2, -0.15) is 0 Å². The molecule has 1 rings (SSSR count). The van der Waals surface area contributed by atoms with Crippen LogP contribution in [-0.4, -0.2) is 66.1 Å². The van der Waals surface area contributed by atoms with E-state index in [1.54, 1.807) is 0 Å². The number of hydrogen-bond donors (Lipinski definition) is 4. The molecular formula is C8H15NO6. The quantitative estimate of drug-likeness (QED) is 0.422. The van der Waals surface area contributed by atoms with Gasteiger partial charge in [-0.05, 0) is 0 Å². The molecule has 0 bridgehead atoms. The smallest absolute Gasteiger partial charge is 0.407 e. The average molecular weight is 221 g/mol. The van der Waals surface area contributed by atoms with Gasteiger partial charge in [0.1, 0.15) is 18.3 Å². The number of amides is 1. The SMILES string of the molecule is COC(=O)NC1CO[C@H](CO)[C@@H](O)[C@@H]1O. The molecule has 7 nitrogen and oxygen atoms in total. The summed E-state index contributed by atoms with van der Waals surface area (Å²) in [4.78, 5) is 10.9. The van der Waals surface area contributed by atoms with Crippen molar-refractivity contribution in [3.63, 3.8) is 0 Å². The summed E-state index contributed by atoms with van der Waals surface area (Å²) in [5.74, 6) is 0. The van der Waals surface area contributed by atoms with E-state index in [0.717, 1.165) is 0 Å². The summed E-state index contributed by atoms with van der Waals surface area (Å²) in [7, 11) is 1.19. The van der Waals surface area contributed by atoms with Crippen LogP contribution in [0.3, 0.4) is 0 Å². The van der Waals surface area contributed by atoms with E-state index in [9.17, 15) is 15.0 Å². The zero-order valence-electron chi connectivity index (χ0n) is 8.29. The van der Waals surface area contributed by atoms with Gasteiger partial charge in [0.25, 0.3) is 0 Å². The molecule has 1 fully saturated rings. The number of carbonyl (C=O) groups is 1. The van der Waals surface area contributed by atoms with Crippen LogP contribution in [0.4, 0.5) is 4.79 Å². The minimum atomic E-state index is -1.23. The maximum Gasteiger partial charge on any atom is 0.407 e. The van der Waals surface area contributed by atoms with Crippen LogP contribution in [0.1, 0.15) is 0 Å². The van der Waals surface area contributed by atoms with Gasteiger partial charge in [0.05, 0.1) is 26.4 Å². The van der Waals surface area contributed by atoms with Crippen molar-refractivity contribution in [3.05, 3.63) is 0 Å². The molecule has 7 heteroatoms. The van der Waals surface area contributed by atoms with Gasteiger partial charge < -0.3 is 30.1 Å². The molecule has 4 N–H and O–H groups in total. The Bertz CT molecular complexity index is 223. The zero-order valence-corrected chi connectivity index (χ0v) is 8.29. The first-order chi connectivity index (χ1) is 7.10. The lowest BCUT2D eigenvalue weighted by Crippen LogP contribution is -2.59. The minimum absolute atomic E-state index is 0.0125. The van der Waals surface area contributed by atoms with Gasteiger partial charge in [-0.3, -0.25) is 0 Å². The first-order valence-electron chi connectivity index (χ1n) is 4.53. The number of hydrogen-bond acceptors (Lipinski definition) is 6. The number of aliphatic hydroxyl groups excluding tert-OH is 3. The Labute approximate surface area is 86.6 Å². The van der Waals surface area contributed by atoms with Gasteiger partial charge in [0, 0.05) is 0 Å². The van der Waals surface area contributed by atoms with Gasteiger partial charge in [-0.25, -0.2) is 4.79 Å². The summed E-state index contributed by atoms with van der Waals surface area (Å²) in [6, 6.07) is -0.741. The molecule has 1 aliphatic rings. The van der Waals surface area contributed by atoms with E-state index in [1.165, 1.54) is 7.11 Å². The van der Waals surface area contributed by atoms with Gasteiger partial charge >= 0.3 is 6.09 Å². The maximum atomic E-state index is 10.9. The molecule has 0 radical (unpaired) electrons. The lowest BCUT2D eigenvalue weighted by molar-refractivity contribution is -0.160. The van der Waals surface area contributed by atoms with Crippen molar-refractivity contribution in [1.29, 1.82) is 0 Å². The molecule has 4 atom stereocenters. The van der Waals surface area contributed by atoms with E-state index >= 15 is 0 Å². The van der Waals surface area contributed by atoms with E-state index in [-0.39, 0.29) is 13.2 Å². The standard InChI is InChI=1S/C8H15NO6/c1-14-8(13)9-4-3-15-5(2-10)7(12)6(4)11/h4-7,10-12H,2-3H2,1H3,(H,9,13)/t4?,5-,6-,7-/m1/s1. The molecule has 0 aliphatic carbocycles. The second-order valence-corrected chi connectivity index (χ2v) is 3.28. The molecule has 1 aliphatic heterocycles. The van der Waals surface area contributed by atoms with Gasteiger partial charge in [-0.15, -0.1) is 0 Å². The number of methoxy groups -OCH3 is 1. The van der Waals surface area contributed by atoms with Crippen LogP contribution in [0.5, 0.6) is 0 Å². The number of carbonyl (C=O) groups excluding carboxylic acids is 1. The highest BCUT2D eigenvalue weighted by Gasteiger charge is 2.38. The van der Waals surface area contributed by atoms with Crippen molar-refractivity contribution in [2.24, 2.45) is 0 Å². The van der Waals surface area contributed by atoms with E-state index in [2.05, 4.69) is 10.1 Å². The lowest BCUT2D eigenvalue weighted by Gasteiger charge is -2.36. The van der Waals surface area contributed by atoms with Crippen LogP contribution in [0.25, 0.3) is 0 Å². The number of nitrogens with one attached hydrogen (secondary N) is 1. The van der Waals surface area contributed by atoms with Crippen LogP contribution in [0.2, 0.25) is 0 Å². The normalized spacial score (nSPS) is 36.0. The molecule has 0 aromatic heterocycles. The van der Waals surface area contributed by atoms with E-state index in [4.69, 9.17) is 9.84 Å². The highest BCUT2D eigenvalue weighted by molar-refractivity contribution is 5.67. The third-order valence-corrected chi connectivity index (χ3v) is 2.30. The number of alkyl carbamates (subject to hydrolysis) is 1. The first kappa shape index (κ1) is 12.2. The Morgan fingerprint density at radius 2 is 2.20 bits per heavy atom. The minimum Gasteiger partial charge on any atom is -0.453 e.